The summed E-state index contributed by atoms with van der Waals surface area (Å²) in [6.07, 6.45) is 12.9. The van der Waals surface area contributed by atoms with Gasteiger partial charge in [0.15, 0.2) is 11.9 Å². The van der Waals surface area contributed by atoms with Crippen molar-refractivity contribution in [2.24, 2.45) is 5.73 Å². The van der Waals surface area contributed by atoms with Crippen LogP contribution in [0.4, 0.5) is 0 Å². The maximum atomic E-state index is 13.0. The van der Waals surface area contributed by atoms with E-state index in [4.69, 9.17) is 34.6 Å². The van der Waals surface area contributed by atoms with Gasteiger partial charge in [0.25, 0.3) is 5.76 Å². The molecule has 0 fully saturated rings. The highest BCUT2D eigenvalue weighted by Crippen LogP contribution is 2.42. The number of carbonyl (C=O) groups is 7. The van der Waals surface area contributed by atoms with Gasteiger partial charge in [-0.1, -0.05) is 84.0 Å². The van der Waals surface area contributed by atoms with E-state index in [1.165, 1.54) is 57.5 Å². The first-order chi connectivity index (χ1) is 30.5. The molecule has 0 saturated carbocycles. The summed E-state index contributed by atoms with van der Waals surface area (Å²) in [7, 11) is -5.33. The first kappa shape index (κ1) is 55.0. The molecule has 0 spiro atoms. The SMILES string of the molecule is CCCCCCCCCCCCCCCC(=O)OC(COC(=O)CCC(=O)ONCC(=O)NC(CCCCN)C(=O)NC(Cc1cnc[nH]1)C(=O)O)C1OC(=O)C(OP(=O)(O)O)=C1O. The zero-order valence-electron chi connectivity index (χ0n) is 36.3. The van der Waals surface area contributed by atoms with E-state index in [1.54, 1.807) is 0 Å². The second kappa shape index (κ2) is 30.9. The van der Waals surface area contributed by atoms with E-state index in [9.17, 15) is 48.3 Å². The Hall–Kier alpha value is -5.09. The van der Waals surface area contributed by atoms with Gasteiger partial charge in [0.2, 0.25) is 17.9 Å². The number of carbonyl (C=O) groups excluding carboxylic acids is 6. The molecule has 362 valence electrons. The molecule has 2 heterocycles. The van der Waals surface area contributed by atoms with Crippen molar-refractivity contribution >= 4 is 49.5 Å². The van der Waals surface area contributed by atoms with Crippen LogP contribution in [0.25, 0.3) is 0 Å². The van der Waals surface area contributed by atoms with Gasteiger partial charge in [-0.15, -0.1) is 5.48 Å². The van der Waals surface area contributed by atoms with Crippen molar-refractivity contribution in [3.63, 3.8) is 0 Å². The number of nitrogens with two attached hydrogens (primary N) is 1. The molecule has 24 heteroatoms. The number of carboxylic acid groups (broad SMARTS) is 1. The minimum Gasteiger partial charge on any atom is -0.505 e. The maximum Gasteiger partial charge on any atom is 0.525 e. The number of aromatic nitrogens is 2. The molecule has 4 unspecified atom stereocenters. The first-order valence-corrected chi connectivity index (χ1v) is 23.2. The molecular formula is C40H65N6O17P. The minimum absolute atomic E-state index is 0.0734. The molecule has 10 N–H and O–H groups in total. The molecule has 2 amide bonds. The van der Waals surface area contributed by atoms with Gasteiger partial charge in [0, 0.05) is 24.7 Å². The number of ether oxygens (including phenoxy) is 3. The third kappa shape index (κ3) is 23.6. The average molecular weight is 933 g/mol. The van der Waals surface area contributed by atoms with Gasteiger partial charge in [-0.05, 0) is 32.2 Å². The zero-order valence-corrected chi connectivity index (χ0v) is 37.2. The normalized spacial score (nSPS) is 15.1. The fourth-order valence-electron chi connectivity index (χ4n) is 6.39. The van der Waals surface area contributed by atoms with Gasteiger partial charge in [-0.3, -0.25) is 33.8 Å². The van der Waals surface area contributed by atoms with Crippen LogP contribution in [0.2, 0.25) is 0 Å². The van der Waals surface area contributed by atoms with Crippen LogP contribution in [0.15, 0.2) is 24.0 Å². The number of hydroxylamine groups is 1. The largest absolute Gasteiger partial charge is 0.525 e. The number of aliphatic carboxylic acids is 1. The summed E-state index contributed by atoms with van der Waals surface area (Å²) in [6, 6.07) is -2.49. The van der Waals surface area contributed by atoms with Gasteiger partial charge in [-0.25, -0.2) is 19.1 Å². The van der Waals surface area contributed by atoms with Crippen LogP contribution < -0.4 is 21.8 Å². The smallest absolute Gasteiger partial charge is 0.505 e. The lowest BCUT2D eigenvalue weighted by Crippen LogP contribution is -2.53. The Labute approximate surface area is 371 Å². The van der Waals surface area contributed by atoms with Gasteiger partial charge in [0.05, 0.1) is 19.2 Å². The number of cyclic esters (lactones) is 1. The Balaban J connectivity index is 1.84. The van der Waals surface area contributed by atoms with Crippen molar-refractivity contribution < 1.29 is 81.7 Å². The lowest BCUT2D eigenvalue weighted by Gasteiger charge is -2.22. The minimum atomic E-state index is -5.33. The number of amides is 2. The Morgan fingerprint density at radius 1 is 0.859 bits per heavy atom. The van der Waals surface area contributed by atoms with Crippen molar-refractivity contribution in [2.75, 3.05) is 19.7 Å². The second-order valence-electron chi connectivity index (χ2n) is 15.2. The van der Waals surface area contributed by atoms with Gasteiger partial charge < -0.3 is 55.1 Å². The molecule has 0 saturated heterocycles. The summed E-state index contributed by atoms with van der Waals surface area (Å²) in [5.41, 5.74) is 8.11. The lowest BCUT2D eigenvalue weighted by molar-refractivity contribution is -0.171. The molecule has 1 aliphatic heterocycles. The van der Waals surface area contributed by atoms with Gasteiger partial charge in [-0.2, -0.15) is 0 Å². The average Bonchev–Trinajstić information content (AvgIpc) is 3.85. The van der Waals surface area contributed by atoms with E-state index in [-0.39, 0.29) is 19.3 Å². The Morgan fingerprint density at radius 2 is 1.48 bits per heavy atom. The number of phosphoric ester groups is 1. The molecule has 0 aliphatic carbocycles. The van der Waals surface area contributed by atoms with Crippen LogP contribution in [-0.2, 0) is 68.1 Å². The summed E-state index contributed by atoms with van der Waals surface area (Å²) in [4.78, 5) is 117. The number of unbranched alkanes of at least 4 members (excludes halogenated alkanes) is 13. The quantitative estimate of drug-likeness (QED) is 0.0153. The van der Waals surface area contributed by atoms with E-state index < -0.39 is 111 Å². The van der Waals surface area contributed by atoms with E-state index in [0.717, 1.165) is 32.1 Å². The van der Waals surface area contributed by atoms with Crippen molar-refractivity contribution in [1.82, 2.24) is 26.1 Å². The number of rotatable bonds is 36. The fraction of sp³-hybridized carbons (Fsp3) is 0.700. The van der Waals surface area contributed by atoms with E-state index >= 15 is 0 Å². The van der Waals surface area contributed by atoms with E-state index in [1.807, 2.05) is 0 Å². The third-order valence-electron chi connectivity index (χ3n) is 9.79. The summed E-state index contributed by atoms with van der Waals surface area (Å²) < 4.78 is 31.0. The molecule has 64 heavy (non-hydrogen) atoms. The second-order valence-corrected chi connectivity index (χ2v) is 16.4. The number of H-pyrrole nitrogens is 1. The summed E-state index contributed by atoms with van der Waals surface area (Å²) in [5, 5.41) is 25.0. The topological polar surface area (TPSA) is 354 Å². The number of nitrogens with zero attached hydrogens (tertiary/aromatic N) is 1. The van der Waals surface area contributed by atoms with Crippen molar-refractivity contribution in [1.29, 1.82) is 0 Å². The third-order valence-corrected chi connectivity index (χ3v) is 10.2. The summed E-state index contributed by atoms with van der Waals surface area (Å²) >= 11 is 0. The number of esters is 3. The summed E-state index contributed by atoms with van der Waals surface area (Å²) in [5.74, 6) is -9.54. The van der Waals surface area contributed by atoms with Crippen LogP contribution in [0, 0.1) is 0 Å². The highest BCUT2D eigenvalue weighted by molar-refractivity contribution is 7.46. The Bertz CT molecular complexity index is 1710. The Morgan fingerprint density at radius 3 is 2.06 bits per heavy atom. The molecule has 2 rings (SSSR count). The predicted molar refractivity (Wildman–Crippen MR) is 224 cm³/mol. The molecule has 1 aliphatic rings. The van der Waals surface area contributed by atoms with Crippen LogP contribution >= 0.6 is 7.82 Å². The number of imidazole rings is 1. The molecule has 1 aromatic heterocycles. The first-order valence-electron chi connectivity index (χ1n) is 21.7. The molecule has 0 bridgehead atoms. The van der Waals surface area contributed by atoms with E-state index in [0.29, 0.717) is 31.5 Å². The standard InChI is InChI=1S/C40H65N6O17P/c1-2-3-4-5-6-7-8-9-10-11-12-13-14-18-33(49)60-30(36-35(51)37(40(55)61-36)63-64(56,57)58)25-59-32(48)19-20-34(50)62-44-24-31(47)45-28(17-15-16-21-41)38(52)46-29(39(53)54)22-27-23-42-26-43-27/h23,26,28-30,36,44,51H,2-22,24-25,41H2,1H3,(H,42,43)(H,45,47)(H,46,52)(H,53,54)(H2,56,57,58). The van der Waals surface area contributed by atoms with Crippen LogP contribution in [-0.4, -0.2) is 116 Å². The van der Waals surface area contributed by atoms with Crippen LogP contribution in [0.3, 0.4) is 0 Å². The molecule has 23 nitrogen and oxygen atoms in total. The van der Waals surface area contributed by atoms with Gasteiger partial charge >= 0.3 is 37.7 Å². The number of carboxylic acids is 1. The fourth-order valence-corrected chi connectivity index (χ4v) is 6.80. The Kier molecular flexibility index (Phi) is 26.6. The van der Waals surface area contributed by atoms with Gasteiger partial charge in [0.1, 0.15) is 25.2 Å². The highest BCUT2D eigenvalue weighted by Gasteiger charge is 2.45. The van der Waals surface area contributed by atoms with E-state index in [2.05, 4.69) is 37.5 Å². The molecule has 0 radical (unpaired) electrons. The van der Waals surface area contributed by atoms with Crippen molar-refractivity contribution in [3.8, 4) is 0 Å². The molecule has 1 aromatic rings. The number of aliphatic hydroxyl groups is 1. The predicted octanol–water partition coefficient (Wildman–Crippen LogP) is 2.70. The van der Waals surface area contributed by atoms with Crippen LogP contribution in [0.1, 0.15) is 135 Å². The number of phosphoric acid groups is 1. The summed E-state index contributed by atoms with van der Waals surface area (Å²) in [6.45, 7) is 1.05. The maximum absolute atomic E-state index is 13.0. The van der Waals surface area contributed by atoms with Crippen molar-refractivity contribution in [3.05, 3.63) is 29.7 Å². The lowest BCUT2D eigenvalue weighted by atomic mass is 10.0. The molecule has 4 atom stereocenters. The number of aromatic amines is 1. The monoisotopic (exact) mass is 932 g/mol. The number of nitrogens with one attached hydrogen (secondary N) is 4. The zero-order chi connectivity index (χ0) is 47.3. The van der Waals surface area contributed by atoms with Crippen molar-refractivity contribution in [2.45, 2.75) is 160 Å². The molecular weight excluding hydrogens is 867 g/mol. The number of hydrogen-bond acceptors (Lipinski definition) is 17. The van der Waals surface area contributed by atoms with Crippen LogP contribution in [0.5, 0.6) is 0 Å². The number of hydrogen-bond donors (Lipinski definition) is 9. The highest BCUT2D eigenvalue weighted by atomic mass is 31.2. The number of aliphatic hydroxyl groups excluding tert-OH is 1. The molecule has 0 aromatic carbocycles.